The molecule has 2 aromatic carbocycles. The van der Waals surface area contributed by atoms with Gasteiger partial charge in [0, 0.05) is 38.1 Å². The third kappa shape index (κ3) is 6.79. The highest BCUT2D eigenvalue weighted by Crippen LogP contribution is 2.40. The number of aliphatic hydroxyl groups is 1. The second-order valence-electron chi connectivity index (χ2n) is 9.16. The van der Waals surface area contributed by atoms with Gasteiger partial charge in [-0.1, -0.05) is 56.3 Å². The second kappa shape index (κ2) is 11.6. The predicted octanol–water partition coefficient (Wildman–Crippen LogP) is 3.57. The van der Waals surface area contributed by atoms with Crippen molar-refractivity contribution in [2.45, 2.75) is 70.2 Å². The number of carbonyl (C=O) groups is 1. The Labute approximate surface area is 197 Å². The Kier molecular flexibility index (Phi) is 8.89. The van der Waals surface area contributed by atoms with Gasteiger partial charge in [0.25, 0.3) is 0 Å². The fourth-order valence-electron chi connectivity index (χ4n) is 4.47. The first-order valence-corrected chi connectivity index (χ1v) is 11.9. The molecule has 0 saturated heterocycles. The molecule has 0 radical (unpaired) electrons. The molecule has 0 aliphatic carbocycles. The van der Waals surface area contributed by atoms with Gasteiger partial charge in [-0.05, 0) is 37.0 Å². The predicted molar refractivity (Wildman–Crippen MR) is 130 cm³/mol. The smallest absolute Gasteiger partial charge is 0.220 e. The minimum atomic E-state index is -0.741. The number of fused-ring (bicyclic) bond motifs is 1. The highest BCUT2D eigenvalue weighted by Gasteiger charge is 2.38. The van der Waals surface area contributed by atoms with E-state index in [0.717, 1.165) is 29.7 Å². The number of carbonyl (C=O) groups excluding carboxylic acids is 1. The summed E-state index contributed by atoms with van der Waals surface area (Å²) >= 11 is 0. The highest BCUT2D eigenvalue weighted by atomic mass is 16.5. The van der Waals surface area contributed by atoms with Crippen molar-refractivity contribution in [3.05, 3.63) is 65.2 Å². The Morgan fingerprint density at radius 3 is 2.64 bits per heavy atom. The van der Waals surface area contributed by atoms with Crippen LogP contribution in [0.1, 0.15) is 56.3 Å². The van der Waals surface area contributed by atoms with Crippen LogP contribution in [0, 0.1) is 0 Å². The van der Waals surface area contributed by atoms with E-state index in [1.54, 1.807) is 7.11 Å². The summed E-state index contributed by atoms with van der Waals surface area (Å²) in [6.45, 7) is 6.84. The van der Waals surface area contributed by atoms with Crippen LogP contribution in [0.2, 0.25) is 0 Å². The average molecular weight is 455 g/mol. The number of hydrogen-bond donors (Lipinski definition) is 3. The van der Waals surface area contributed by atoms with Crippen LogP contribution in [0.4, 0.5) is 0 Å². The molecule has 3 rings (SSSR count). The molecular weight excluding hydrogens is 416 g/mol. The van der Waals surface area contributed by atoms with E-state index in [1.165, 1.54) is 5.56 Å². The molecule has 0 spiro atoms. The number of aliphatic hydroxyl groups excluding tert-OH is 1. The number of benzene rings is 2. The first-order valence-electron chi connectivity index (χ1n) is 11.9. The highest BCUT2D eigenvalue weighted by molar-refractivity contribution is 5.75. The minimum Gasteiger partial charge on any atom is -0.485 e. The molecule has 1 aliphatic heterocycles. The third-order valence-corrected chi connectivity index (χ3v) is 6.30. The zero-order chi connectivity index (χ0) is 23.8. The molecule has 2 aromatic rings. The molecule has 1 heterocycles. The quantitative estimate of drug-likeness (QED) is 0.484. The average Bonchev–Trinajstić information content (AvgIpc) is 2.82. The van der Waals surface area contributed by atoms with Crippen molar-refractivity contribution in [2.24, 2.45) is 0 Å². The van der Waals surface area contributed by atoms with Crippen molar-refractivity contribution in [1.82, 2.24) is 10.6 Å². The van der Waals surface area contributed by atoms with Gasteiger partial charge in [0.1, 0.15) is 11.4 Å². The van der Waals surface area contributed by atoms with E-state index in [0.29, 0.717) is 26.0 Å². The maximum absolute atomic E-state index is 12.1. The fraction of sp³-hybridized carbons (Fsp3) is 0.519. The Balaban J connectivity index is 1.76. The summed E-state index contributed by atoms with van der Waals surface area (Å²) in [7, 11) is 1.68. The Morgan fingerprint density at radius 2 is 1.97 bits per heavy atom. The zero-order valence-corrected chi connectivity index (χ0v) is 20.3. The maximum Gasteiger partial charge on any atom is 0.220 e. The van der Waals surface area contributed by atoms with Gasteiger partial charge in [-0.25, -0.2) is 0 Å². The van der Waals surface area contributed by atoms with Crippen molar-refractivity contribution < 1.29 is 19.4 Å². The third-order valence-electron chi connectivity index (χ3n) is 6.30. The van der Waals surface area contributed by atoms with Crippen LogP contribution in [-0.4, -0.2) is 49.0 Å². The minimum absolute atomic E-state index is 0.00861. The number of hydrogen-bond acceptors (Lipinski definition) is 5. The van der Waals surface area contributed by atoms with Crippen LogP contribution < -0.4 is 15.4 Å². The largest absolute Gasteiger partial charge is 0.485 e. The van der Waals surface area contributed by atoms with Crippen LogP contribution in [0.15, 0.2) is 48.5 Å². The maximum atomic E-state index is 12.1. The van der Waals surface area contributed by atoms with Gasteiger partial charge in [0.15, 0.2) is 0 Å². The van der Waals surface area contributed by atoms with Gasteiger partial charge < -0.3 is 25.2 Å². The number of aryl methyl sites for hydroxylation is 1. The van der Waals surface area contributed by atoms with Gasteiger partial charge >= 0.3 is 0 Å². The van der Waals surface area contributed by atoms with Crippen molar-refractivity contribution in [3.8, 4) is 5.75 Å². The molecule has 1 amide bonds. The van der Waals surface area contributed by atoms with E-state index in [1.807, 2.05) is 43.3 Å². The summed E-state index contributed by atoms with van der Waals surface area (Å²) in [6.07, 6.45) is 1.88. The monoisotopic (exact) mass is 454 g/mol. The van der Waals surface area contributed by atoms with Crippen LogP contribution in [-0.2, 0) is 22.4 Å². The van der Waals surface area contributed by atoms with E-state index in [2.05, 4.69) is 36.6 Å². The first kappa shape index (κ1) is 25.2. The lowest BCUT2D eigenvalue weighted by Crippen LogP contribution is -2.50. The van der Waals surface area contributed by atoms with Gasteiger partial charge in [0.05, 0.1) is 18.8 Å². The van der Waals surface area contributed by atoms with Gasteiger partial charge in [-0.3, -0.25) is 4.79 Å². The van der Waals surface area contributed by atoms with E-state index >= 15 is 0 Å². The standard InChI is InChI=1S/C27H38N2O4/c1-5-19-12-13-25-21(14-19)23(16-27(3,33-25)18-32-4)28-17-24(30)22(29-26(31)6-2)15-20-10-8-7-9-11-20/h7-14,22-24,28,30H,5-6,15-18H2,1-4H3,(H,29,31)/t22-,23-,24+,27+/m0/s1. The molecule has 0 unspecified atom stereocenters. The molecule has 6 nitrogen and oxygen atoms in total. The Bertz CT molecular complexity index is 904. The van der Waals surface area contributed by atoms with Gasteiger partial charge in [0.2, 0.25) is 5.91 Å². The van der Waals surface area contributed by atoms with E-state index < -0.39 is 11.7 Å². The normalized spacial score (nSPS) is 21.5. The molecule has 0 saturated carbocycles. The molecule has 33 heavy (non-hydrogen) atoms. The van der Waals surface area contributed by atoms with E-state index in [-0.39, 0.29) is 18.0 Å². The van der Waals surface area contributed by atoms with E-state index in [4.69, 9.17) is 9.47 Å². The lowest BCUT2D eigenvalue weighted by Gasteiger charge is -2.40. The van der Waals surface area contributed by atoms with Crippen molar-refractivity contribution in [2.75, 3.05) is 20.3 Å². The van der Waals surface area contributed by atoms with Gasteiger partial charge in [-0.2, -0.15) is 0 Å². The Hall–Kier alpha value is -2.41. The molecule has 4 atom stereocenters. The van der Waals surface area contributed by atoms with Crippen LogP contribution in [0.25, 0.3) is 0 Å². The summed E-state index contributed by atoms with van der Waals surface area (Å²) < 4.78 is 11.7. The molecule has 0 bridgehead atoms. The topological polar surface area (TPSA) is 79.8 Å². The molecule has 3 N–H and O–H groups in total. The van der Waals surface area contributed by atoms with Crippen LogP contribution >= 0.6 is 0 Å². The van der Waals surface area contributed by atoms with Gasteiger partial charge in [-0.15, -0.1) is 0 Å². The Morgan fingerprint density at radius 1 is 1.21 bits per heavy atom. The van der Waals surface area contributed by atoms with Crippen molar-refractivity contribution in [3.63, 3.8) is 0 Å². The molecular formula is C27H38N2O4. The summed E-state index contributed by atoms with van der Waals surface area (Å²) in [5.74, 6) is 0.789. The molecule has 6 heteroatoms. The van der Waals surface area contributed by atoms with E-state index in [9.17, 15) is 9.90 Å². The number of rotatable bonds is 11. The lowest BCUT2D eigenvalue weighted by molar-refractivity contribution is -0.122. The molecule has 0 aromatic heterocycles. The second-order valence-corrected chi connectivity index (χ2v) is 9.16. The first-order chi connectivity index (χ1) is 15.9. The summed E-state index contributed by atoms with van der Waals surface area (Å²) in [5, 5.41) is 17.7. The number of nitrogens with one attached hydrogen (secondary N) is 2. The van der Waals surface area contributed by atoms with Crippen molar-refractivity contribution in [1.29, 1.82) is 0 Å². The fourth-order valence-corrected chi connectivity index (χ4v) is 4.47. The molecule has 1 aliphatic rings. The molecule has 180 valence electrons. The number of ether oxygens (including phenoxy) is 2. The molecule has 0 fully saturated rings. The SMILES string of the molecule is CCC(=O)N[C@@H](Cc1ccccc1)[C@H](O)CN[C@H]1C[C@](C)(COC)Oc2ccc(CC)cc21. The van der Waals surface area contributed by atoms with Crippen molar-refractivity contribution >= 4 is 5.91 Å². The number of methoxy groups -OCH3 is 1. The lowest BCUT2D eigenvalue weighted by atomic mass is 9.87. The summed E-state index contributed by atoms with van der Waals surface area (Å²) in [6, 6.07) is 15.9. The van der Waals surface area contributed by atoms with Crippen LogP contribution in [0.3, 0.4) is 0 Å². The summed E-state index contributed by atoms with van der Waals surface area (Å²) in [4.78, 5) is 12.1. The summed E-state index contributed by atoms with van der Waals surface area (Å²) in [5.41, 5.74) is 2.97. The van der Waals surface area contributed by atoms with Crippen LogP contribution in [0.5, 0.6) is 5.75 Å². The number of amides is 1. The zero-order valence-electron chi connectivity index (χ0n) is 20.3.